The lowest BCUT2D eigenvalue weighted by atomic mass is 10.2. The van der Waals surface area contributed by atoms with Gasteiger partial charge in [-0.25, -0.2) is 17.8 Å². The minimum absolute atomic E-state index is 0.135. The molecule has 0 unspecified atom stereocenters. The maximum atomic E-state index is 13.4. The Labute approximate surface area is 115 Å². The molecule has 0 aliphatic heterocycles. The maximum absolute atomic E-state index is 13.4. The van der Waals surface area contributed by atoms with Crippen LogP contribution in [0.15, 0.2) is 41.4 Å². The molecule has 7 heteroatoms. The predicted molar refractivity (Wildman–Crippen MR) is 71.2 cm³/mol. The molecule has 0 saturated carbocycles. The molecule has 1 aromatic carbocycles. The Bertz CT molecular complexity index is 719. The molecular weight excluding hydrogens is 291 g/mol. The largest absolute Gasteiger partial charge is 0.279 e. The summed E-state index contributed by atoms with van der Waals surface area (Å²) in [6.45, 7) is 1.48. The molecule has 0 atom stereocenters. The highest BCUT2D eigenvalue weighted by molar-refractivity contribution is 7.92. The SMILES string of the molecule is Cc1c(F)cccc1NS(=O)(=O)c1cccnc1Cl. The fraction of sp³-hybridized carbons (Fsp3) is 0.0833. The average Bonchev–Trinajstić information content (AvgIpc) is 2.35. The van der Waals surface area contributed by atoms with Gasteiger partial charge in [-0.1, -0.05) is 17.7 Å². The van der Waals surface area contributed by atoms with E-state index < -0.39 is 15.8 Å². The third-order valence-electron chi connectivity index (χ3n) is 2.53. The van der Waals surface area contributed by atoms with Crippen LogP contribution >= 0.6 is 11.6 Å². The lowest BCUT2D eigenvalue weighted by Crippen LogP contribution is -2.15. The molecule has 1 heterocycles. The molecule has 1 aromatic heterocycles. The van der Waals surface area contributed by atoms with Gasteiger partial charge >= 0.3 is 0 Å². The van der Waals surface area contributed by atoms with Crippen LogP contribution in [0.1, 0.15) is 5.56 Å². The number of hydrogen-bond donors (Lipinski definition) is 1. The summed E-state index contributed by atoms with van der Waals surface area (Å²) in [4.78, 5) is 3.55. The van der Waals surface area contributed by atoms with Crippen LogP contribution in [-0.4, -0.2) is 13.4 Å². The molecule has 0 saturated heterocycles. The summed E-state index contributed by atoms with van der Waals surface area (Å²) in [5.74, 6) is -0.488. The number of pyridine rings is 1. The molecule has 1 N–H and O–H groups in total. The Hall–Kier alpha value is -1.66. The minimum Gasteiger partial charge on any atom is -0.279 e. The molecule has 2 aromatic rings. The van der Waals surface area contributed by atoms with Crippen LogP contribution in [0.2, 0.25) is 5.15 Å². The average molecular weight is 301 g/mol. The number of anilines is 1. The van der Waals surface area contributed by atoms with Crippen molar-refractivity contribution in [2.45, 2.75) is 11.8 Å². The van der Waals surface area contributed by atoms with Crippen LogP contribution in [0.25, 0.3) is 0 Å². The first-order chi connectivity index (χ1) is 8.92. The van der Waals surface area contributed by atoms with E-state index in [9.17, 15) is 12.8 Å². The van der Waals surface area contributed by atoms with Crippen LogP contribution < -0.4 is 4.72 Å². The number of sulfonamides is 1. The lowest BCUT2D eigenvalue weighted by Gasteiger charge is -2.11. The van der Waals surface area contributed by atoms with E-state index >= 15 is 0 Å². The van der Waals surface area contributed by atoms with Crippen molar-refractivity contribution in [2.75, 3.05) is 4.72 Å². The number of benzene rings is 1. The Kier molecular flexibility index (Phi) is 3.73. The van der Waals surface area contributed by atoms with Gasteiger partial charge in [0.05, 0.1) is 5.69 Å². The number of rotatable bonds is 3. The van der Waals surface area contributed by atoms with Crippen molar-refractivity contribution in [3.8, 4) is 0 Å². The van der Waals surface area contributed by atoms with Crippen LogP contribution in [0.5, 0.6) is 0 Å². The van der Waals surface area contributed by atoms with Crippen LogP contribution in [0.4, 0.5) is 10.1 Å². The summed E-state index contributed by atoms with van der Waals surface area (Å²) >= 11 is 5.74. The van der Waals surface area contributed by atoms with E-state index in [0.717, 1.165) is 0 Å². The Morgan fingerprint density at radius 3 is 2.68 bits per heavy atom. The number of halogens is 2. The summed E-state index contributed by atoms with van der Waals surface area (Å²) in [7, 11) is -3.89. The van der Waals surface area contributed by atoms with E-state index in [1.54, 1.807) is 0 Å². The van der Waals surface area contributed by atoms with Crippen molar-refractivity contribution >= 4 is 27.3 Å². The van der Waals surface area contributed by atoms with E-state index in [1.165, 1.54) is 43.5 Å². The monoisotopic (exact) mass is 300 g/mol. The van der Waals surface area contributed by atoms with E-state index in [2.05, 4.69) is 9.71 Å². The van der Waals surface area contributed by atoms with Crippen molar-refractivity contribution in [2.24, 2.45) is 0 Å². The first-order valence-corrected chi connectivity index (χ1v) is 7.16. The molecule has 0 spiro atoms. The Morgan fingerprint density at radius 2 is 2.00 bits per heavy atom. The first-order valence-electron chi connectivity index (χ1n) is 5.30. The molecule has 0 radical (unpaired) electrons. The Morgan fingerprint density at radius 1 is 1.26 bits per heavy atom. The normalized spacial score (nSPS) is 11.3. The standard InChI is InChI=1S/C12H10ClFN2O2S/c1-8-9(14)4-2-5-10(8)16-19(17,18)11-6-3-7-15-12(11)13/h2-7,16H,1H3. The molecule has 2 rings (SSSR count). The highest BCUT2D eigenvalue weighted by atomic mass is 35.5. The number of nitrogens with one attached hydrogen (secondary N) is 1. The second-order valence-corrected chi connectivity index (χ2v) is 5.82. The van der Waals surface area contributed by atoms with Gasteiger partial charge in [0.2, 0.25) is 0 Å². The third kappa shape index (κ3) is 2.85. The van der Waals surface area contributed by atoms with Gasteiger partial charge in [0.15, 0.2) is 0 Å². The third-order valence-corrected chi connectivity index (χ3v) is 4.34. The zero-order valence-corrected chi connectivity index (χ0v) is 11.5. The quantitative estimate of drug-likeness (QED) is 0.887. The van der Waals surface area contributed by atoms with Gasteiger partial charge in [-0.2, -0.15) is 0 Å². The molecule has 100 valence electrons. The maximum Gasteiger partial charge on any atom is 0.264 e. The van der Waals surface area contributed by atoms with E-state index in [0.29, 0.717) is 0 Å². The fourth-order valence-electron chi connectivity index (χ4n) is 1.49. The van der Waals surface area contributed by atoms with E-state index in [-0.39, 0.29) is 21.3 Å². The van der Waals surface area contributed by atoms with Crippen molar-refractivity contribution in [3.05, 3.63) is 53.1 Å². The molecule has 0 aliphatic rings. The van der Waals surface area contributed by atoms with Crippen molar-refractivity contribution in [1.82, 2.24) is 4.98 Å². The van der Waals surface area contributed by atoms with Crippen LogP contribution in [-0.2, 0) is 10.0 Å². The smallest absolute Gasteiger partial charge is 0.264 e. The molecule has 0 fully saturated rings. The molecule has 4 nitrogen and oxygen atoms in total. The lowest BCUT2D eigenvalue weighted by molar-refractivity contribution is 0.600. The van der Waals surface area contributed by atoms with Gasteiger partial charge in [0.25, 0.3) is 10.0 Å². The number of nitrogens with zero attached hydrogens (tertiary/aromatic N) is 1. The first kappa shape index (κ1) is 13.8. The zero-order chi connectivity index (χ0) is 14.0. The summed E-state index contributed by atoms with van der Waals surface area (Å²) in [5.41, 5.74) is 0.381. The minimum atomic E-state index is -3.89. The zero-order valence-electron chi connectivity index (χ0n) is 9.89. The van der Waals surface area contributed by atoms with Crippen LogP contribution in [0, 0.1) is 12.7 Å². The second kappa shape index (κ2) is 5.14. The molecular formula is C12H10ClFN2O2S. The van der Waals surface area contributed by atoms with E-state index in [4.69, 9.17) is 11.6 Å². The van der Waals surface area contributed by atoms with Gasteiger partial charge in [-0.05, 0) is 31.2 Å². The van der Waals surface area contributed by atoms with Crippen molar-refractivity contribution in [1.29, 1.82) is 0 Å². The summed E-state index contributed by atoms with van der Waals surface area (Å²) in [6.07, 6.45) is 1.38. The van der Waals surface area contributed by atoms with Crippen molar-refractivity contribution in [3.63, 3.8) is 0 Å². The van der Waals surface area contributed by atoms with Gasteiger partial charge < -0.3 is 0 Å². The molecule has 19 heavy (non-hydrogen) atoms. The van der Waals surface area contributed by atoms with E-state index in [1.807, 2.05) is 0 Å². The summed E-state index contributed by atoms with van der Waals surface area (Å²) in [5, 5.41) is -0.135. The van der Waals surface area contributed by atoms with Gasteiger partial charge in [-0.15, -0.1) is 0 Å². The number of hydrogen-bond acceptors (Lipinski definition) is 3. The fourth-order valence-corrected chi connectivity index (χ4v) is 3.07. The molecule has 0 aliphatic carbocycles. The molecule has 0 amide bonds. The van der Waals surface area contributed by atoms with Crippen molar-refractivity contribution < 1.29 is 12.8 Å². The highest BCUT2D eigenvalue weighted by Gasteiger charge is 2.19. The van der Waals surface area contributed by atoms with Gasteiger partial charge in [-0.3, -0.25) is 4.72 Å². The van der Waals surface area contributed by atoms with Gasteiger partial charge in [0, 0.05) is 11.8 Å². The summed E-state index contributed by atoms with van der Waals surface area (Å²) in [6, 6.07) is 6.93. The van der Waals surface area contributed by atoms with Crippen LogP contribution in [0.3, 0.4) is 0 Å². The Balaban J connectivity index is 2.43. The van der Waals surface area contributed by atoms with Gasteiger partial charge in [0.1, 0.15) is 15.9 Å². The summed E-state index contributed by atoms with van der Waals surface area (Å²) < 4.78 is 39.9. The highest BCUT2D eigenvalue weighted by Crippen LogP contribution is 2.24. The second-order valence-electron chi connectivity index (χ2n) is 3.81. The topological polar surface area (TPSA) is 59.1 Å². The predicted octanol–water partition coefficient (Wildman–Crippen LogP) is 2.98. The molecule has 0 bridgehead atoms. The number of aromatic nitrogens is 1.